The summed E-state index contributed by atoms with van der Waals surface area (Å²) < 4.78 is 38.2. The Bertz CT molecular complexity index is 861. The molecule has 2 rings (SSSR count). The summed E-state index contributed by atoms with van der Waals surface area (Å²) in [4.78, 5) is 47.5. The van der Waals surface area contributed by atoms with Gasteiger partial charge < -0.3 is 20.9 Å². The molecule has 1 aromatic rings. The number of amides is 3. The molecule has 10 nitrogen and oxygen atoms in total. The highest BCUT2D eigenvalue weighted by Crippen LogP contribution is 2.34. The smallest absolute Gasteiger partial charge is 0.379 e. The Balaban J connectivity index is 1.85. The van der Waals surface area contributed by atoms with Crippen molar-refractivity contribution in [3.8, 4) is 0 Å². The molecule has 0 spiro atoms. The van der Waals surface area contributed by atoms with E-state index in [1.807, 2.05) is 0 Å². The lowest BCUT2D eigenvalue weighted by molar-refractivity contribution is -0.384. The van der Waals surface area contributed by atoms with Crippen molar-refractivity contribution < 1.29 is 32.5 Å². The summed E-state index contributed by atoms with van der Waals surface area (Å²) in [6.07, 6.45) is -3.69. The molecule has 0 saturated carbocycles. The number of anilines is 1. The minimum Gasteiger partial charge on any atom is -0.379 e. The zero-order valence-electron chi connectivity index (χ0n) is 16.6. The molecular weight excluding hydrogens is 423 g/mol. The predicted molar refractivity (Wildman–Crippen MR) is 103 cm³/mol. The SMILES string of the molecule is CNC(=O)C1CCCN1C(=O)CNC(=O)CCNc1ccc(C(F)(F)F)cc1[N+](=O)[O-]. The van der Waals surface area contributed by atoms with E-state index in [4.69, 9.17) is 0 Å². The lowest BCUT2D eigenvalue weighted by Crippen LogP contribution is -2.48. The van der Waals surface area contributed by atoms with E-state index < -0.39 is 40.2 Å². The maximum atomic E-state index is 12.7. The highest BCUT2D eigenvalue weighted by atomic mass is 19.4. The number of hydrogen-bond donors (Lipinski definition) is 3. The molecule has 3 N–H and O–H groups in total. The van der Waals surface area contributed by atoms with Crippen LogP contribution in [0.3, 0.4) is 0 Å². The topological polar surface area (TPSA) is 134 Å². The van der Waals surface area contributed by atoms with Crippen LogP contribution >= 0.6 is 0 Å². The van der Waals surface area contributed by atoms with Gasteiger partial charge in [-0.2, -0.15) is 13.2 Å². The first-order valence-electron chi connectivity index (χ1n) is 9.42. The largest absolute Gasteiger partial charge is 0.416 e. The number of nitrogens with one attached hydrogen (secondary N) is 3. The van der Waals surface area contributed by atoms with Gasteiger partial charge in [0.15, 0.2) is 0 Å². The highest BCUT2D eigenvalue weighted by molar-refractivity contribution is 5.90. The quantitative estimate of drug-likeness (QED) is 0.408. The first-order chi connectivity index (χ1) is 14.5. The minimum absolute atomic E-state index is 0.100. The van der Waals surface area contributed by atoms with Gasteiger partial charge >= 0.3 is 6.18 Å². The number of nitro groups is 1. The average Bonchev–Trinajstić information content (AvgIpc) is 3.20. The summed E-state index contributed by atoms with van der Waals surface area (Å²) in [6.45, 7) is -0.00447. The number of carbonyl (C=O) groups excluding carboxylic acids is 3. The van der Waals surface area contributed by atoms with Crippen molar-refractivity contribution in [3.63, 3.8) is 0 Å². The molecule has 3 amide bonds. The van der Waals surface area contributed by atoms with Gasteiger partial charge in [-0.3, -0.25) is 24.5 Å². The van der Waals surface area contributed by atoms with Gasteiger partial charge in [0, 0.05) is 32.6 Å². The van der Waals surface area contributed by atoms with E-state index in [0.717, 1.165) is 6.07 Å². The van der Waals surface area contributed by atoms with Crippen molar-refractivity contribution in [2.24, 2.45) is 0 Å². The number of carbonyl (C=O) groups is 3. The Morgan fingerprint density at radius 3 is 2.61 bits per heavy atom. The van der Waals surface area contributed by atoms with E-state index in [9.17, 15) is 37.7 Å². The van der Waals surface area contributed by atoms with Gasteiger partial charge in [-0.1, -0.05) is 0 Å². The summed E-state index contributed by atoms with van der Waals surface area (Å²) >= 11 is 0. The number of likely N-dealkylation sites (tertiary alicyclic amines) is 1. The molecule has 0 radical (unpaired) electrons. The lowest BCUT2D eigenvalue weighted by Gasteiger charge is -2.23. The van der Waals surface area contributed by atoms with Gasteiger partial charge in [0.1, 0.15) is 11.7 Å². The first-order valence-corrected chi connectivity index (χ1v) is 9.42. The Hall–Kier alpha value is -3.38. The van der Waals surface area contributed by atoms with Gasteiger partial charge in [0.2, 0.25) is 17.7 Å². The molecule has 31 heavy (non-hydrogen) atoms. The van der Waals surface area contributed by atoms with Crippen molar-refractivity contribution in [1.29, 1.82) is 0 Å². The van der Waals surface area contributed by atoms with Gasteiger partial charge in [0.25, 0.3) is 5.69 Å². The number of nitrogens with zero attached hydrogens (tertiary/aromatic N) is 2. The fraction of sp³-hybridized carbons (Fsp3) is 0.500. The van der Waals surface area contributed by atoms with Crippen LogP contribution < -0.4 is 16.0 Å². The van der Waals surface area contributed by atoms with Crippen LogP contribution in [0.15, 0.2) is 18.2 Å². The van der Waals surface area contributed by atoms with E-state index in [1.165, 1.54) is 11.9 Å². The Morgan fingerprint density at radius 1 is 1.29 bits per heavy atom. The molecule has 1 aliphatic heterocycles. The fourth-order valence-electron chi connectivity index (χ4n) is 3.19. The third-order valence-electron chi connectivity index (χ3n) is 4.75. The second-order valence-electron chi connectivity index (χ2n) is 6.80. The Labute approximate surface area is 175 Å². The molecule has 1 saturated heterocycles. The van der Waals surface area contributed by atoms with Gasteiger partial charge in [0.05, 0.1) is 17.0 Å². The minimum atomic E-state index is -4.72. The number of halogens is 3. The zero-order valence-corrected chi connectivity index (χ0v) is 16.6. The summed E-state index contributed by atoms with van der Waals surface area (Å²) in [5.74, 6) is -1.23. The van der Waals surface area contributed by atoms with E-state index in [0.29, 0.717) is 31.5 Å². The number of benzene rings is 1. The van der Waals surface area contributed by atoms with Gasteiger partial charge in [-0.15, -0.1) is 0 Å². The summed E-state index contributed by atoms with van der Waals surface area (Å²) in [7, 11) is 1.47. The van der Waals surface area contributed by atoms with Crippen molar-refractivity contribution >= 4 is 29.1 Å². The number of rotatable bonds is 8. The number of hydrogen-bond acceptors (Lipinski definition) is 6. The van der Waals surface area contributed by atoms with E-state index >= 15 is 0 Å². The van der Waals surface area contributed by atoms with Crippen molar-refractivity contribution in [2.45, 2.75) is 31.5 Å². The monoisotopic (exact) mass is 445 g/mol. The third kappa shape index (κ3) is 6.30. The van der Waals surface area contributed by atoms with Crippen LogP contribution in [0.25, 0.3) is 0 Å². The number of likely N-dealkylation sites (N-methyl/N-ethyl adjacent to an activating group) is 1. The molecule has 1 atom stereocenters. The van der Waals surface area contributed by atoms with Crippen LogP contribution in [0.4, 0.5) is 24.5 Å². The fourth-order valence-corrected chi connectivity index (χ4v) is 3.19. The normalized spacial score (nSPS) is 16.0. The molecule has 170 valence electrons. The Morgan fingerprint density at radius 2 is 2.00 bits per heavy atom. The Kier molecular flexibility index (Phi) is 7.78. The predicted octanol–water partition coefficient (Wildman–Crippen LogP) is 1.27. The van der Waals surface area contributed by atoms with Crippen LogP contribution in [0.1, 0.15) is 24.8 Å². The van der Waals surface area contributed by atoms with Crippen molar-refractivity contribution in [2.75, 3.05) is 32.0 Å². The molecule has 1 heterocycles. The molecule has 1 unspecified atom stereocenters. The summed E-state index contributed by atoms with van der Waals surface area (Å²) in [5, 5.41) is 18.5. The molecule has 0 aromatic heterocycles. The summed E-state index contributed by atoms with van der Waals surface area (Å²) in [6, 6.07) is 1.47. The molecule has 1 fully saturated rings. The summed E-state index contributed by atoms with van der Waals surface area (Å²) in [5.41, 5.74) is -2.08. The van der Waals surface area contributed by atoms with Crippen molar-refractivity contribution in [1.82, 2.24) is 15.5 Å². The van der Waals surface area contributed by atoms with E-state index in [1.54, 1.807) is 0 Å². The first kappa shape index (κ1) is 23.9. The lowest BCUT2D eigenvalue weighted by atomic mass is 10.1. The maximum Gasteiger partial charge on any atom is 0.416 e. The van der Waals surface area contributed by atoms with E-state index in [2.05, 4.69) is 16.0 Å². The number of nitro benzene ring substituents is 1. The molecular formula is C18H22F3N5O5. The zero-order chi connectivity index (χ0) is 23.2. The van der Waals surface area contributed by atoms with Gasteiger partial charge in [-0.25, -0.2) is 0 Å². The molecule has 0 bridgehead atoms. The molecule has 13 heteroatoms. The molecule has 1 aromatic carbocycles. The second kappa shape index (κ2) is 10.1. The highest BCUT2D eigenvalue weighted by Gasteiger charge is 2.34. The van der Waals surface area contributed by atoms with Crippen LogP contribution in [-0.4, -0.2) is 60.3 Å². The number of alkyl halides is 3. The molecule has 1 aliphatic rings. The van der Waals surface area contributed by atoms with Crippen LogP contribution in [0.2, 0.25) is 0 Å². The van der Waals surface area contributed by atoms with Crippen LogP contribution in [-0.2, 0) is 20.6 Å². The van der Waals surface area contributed by atoms with Gasteiger partial charge in [-0.05, 0) is 25.0 Å². The van der Waals surface area contributed by atoms with Crippen LogP contribution in [0, 0.1) is 10.1 Å². The van der Waals surface area contributed by atoms with Crippen LogP contribution in [0.5, 0.6) is 0 Å². The standard InChI is InChI=1S/C18H22F3N5O5/c1-22-17(29)13-3-2-8-25(13)16(28)10-24-15(27)6-7-23-12-5-4-11(18(19,20)21)9-14(12)26(30)31/h4-5,9,13,23H,2-3,6-8,10H2,1H3,(H,22,29)(H,24,27). The average molecular weight is 445 g/mol. The maximum absolute atomic E-state index is 12.7. The molecule has 0 aliphatic carbocycles. The van der Waals surface area contributed by atoms with Crippen molar-refractivity contribution in [3.05, 3.63) is 33.9 Å². The van der Waals surface area contributed by atoms with E-state index in [-0.39, 0.29) is 31.1 Å². The third-order valence-corrected chi connectivity index (χ3v) is 4.75. The second-order valence-corrected chi connectivity index (χ2v) is 6.80.